The minimum atomic E-state index is -0.414. The molecule has 0 spiro atoms. The lowest BCUT2D eigenvalue weighted by atomic mass is 10.1. The summed E-state index contributed by atoms with van der Waals surface area (Å²) in [4.78, 5) is 28.2. The molecule has 0 bridgehead atoms. The lowest BCUT2D eigenvalue weighted by Gasteiger charge is -2.08. The highest BCUT2D eigenvalue weighted by Gasteiger charge is 2.17. The van der Waals surface area contributed by atoms with Gasteiger partial charge in [-0.25, -0.2) is 9.37 Å². The monoisotopic (exact) mass is 396 g/mol. The largest absolute Gasteiger partial charge is 0.466 e. The summed E-state index contributed by atoms with van der Waals surface area (Å²) in [5.74, 6) is -0.510. The molecule has 2 aromatic carbocycles. The summed E-state index contributed by atoms with van der Waals surface area (Å²) in [5, 5.41) is 2.78. The zero-order valence-electron chi connectivity index (χ0n) is 16.0. The minimum Gasteiger partial charge on any atom is -0.466 e. The predicted octanol–water partition coefficient (Wildman–Crippen LogP) is 4.22. The highest BCUT2D eigenvalue weighted by Crippen LogP contribution is 2.29. The molecule has 29 heavy (non-hydrogen) atoms. The fourth-order valence-electron chi connectivity index (χ4n) is 2.81. The highest BCUT2D eigenvalue weighted by molar-refractivity contribution is 6.00. The molecule has 0 aliphatic rings. The first-order valence-corrected chi connectivity index (χ1v) is 9.34. The fraction of sp³-hybridized carbons (Fsp3) is 0.227. The van der Waals surface area contributed by atoms with Crippen molar-refractivity contribution in [2.24, 2.45) is 0 Å². The number of hydrogen-bond acceptors (Lipinski definition) is 5. The summed E-state index contributed by atoms with van der Waals surface area (Å²) in [6.45, 7) is 2.42. The SMILES string of the molecule is CCOC(=O)CCCNC(=O)c1ccccc1-c1ncc(-c2ccccc2F)o1. The van der Waals surface area contributed by atoms with Crippen molar-refractivity contribution in [3.05, 3.63) is 66.1 Å². The van der Waals surface area contributed by atoms with Gasteiger partial charge in [-0.05, 0) is 37.6 Å². The second kappa shape index (κ2) is 9.64. The Morgan fingerprint density at radius 3 is 2.59 bits per heavy atom. The van der Waals surface area contributed by atoms with Crippen molar-refractivity contribution < 1.29 is 23.1 Å². The summed E-state index contributed by atoms with van der Waals surface area (Å²) in [5.41, 5.74) is 1.18. The van der Waals surface area contributed by atoms with Gasteiger partial charge in [0.25, 0.3) is 5.91 Å². The second-order valence-corrected chi connectivity index (χ2v) is 6.22. The number of amides is 1. The van der Waals surface area contributed by atoms with Gasteiger partial charge in [-0.1, -0.05) is 24.3 Å². The van der Waals surface area contributed by atoms with Crippen LogP contribution in [0.2, 0.25) is 0 Å². The zero-order chi connectivity index (χ0) is 20.6. The number of halogens is 1. The van der Waals surface area contributed by atoms with Crippen molar-refractivity contribution in [1.29, 1.82) is 0 Å². The number of nitrogens with one attached hydrogen (secondary N) is 1. The van der Waals surface area contributed by atoms with Gasteiger partial charge in [0.2, 0.25) is 5.89 Å². The minimum absolute atomic E-state index is 0.223. The summed E-state index contributed by atoms with van der Waals surface area (Å²) < 4.78 is 24.6. The van der Waals surface area contributed by atoms with Crippen LogP contribution in [-0.2, 0) is 9.53 Å². The molecule has 6 nitrogen and oxygen atoms in total. The van der Waals surface area contributed by atoms with Crippen LogP contribution in [0.4, 0.5) is 4.39 Å². The Hall–Kier alpha value is -3.48. The van der Waals surface area contributed by atoms with Crippen LogP contribution in [0, 0.1) is 5.82 Å². The normalized spacial score (nSPS) is 10.6. The molecule has 0 saturated heterocycles. The number of rotatable bonds is 8. The Morgan fingerprint density at radius 2 is 1.83 bits per heavy atom. The van der Waals surface area contributed by atoms with E-state index in [9.17, 15) is 14.0 Å². The molecular formula is C22H21FN2O4. The molecular weight excluding hydrogens is 375 g/mol. The van der Waals surface area contributed by atoms with Crippen molar-refractivity contribution >= 4 is 11.9 Å². The van der Waals surface area contributed by atoms with E-state index in [4.69, 9.17) is 9.15 Å². The number of aromatic nitrogens is 1. The molecule has 1 aromatic heterocycles. The van der Waals surface area contributed by atoms with E-state index in [2.05, 4.69) is 10.3 Å². The van der Waals surface area contributed by atoms with Gasteiger partial charge < -0.3 is 14.5 Å². The Balaban J connectivity index is 1.72. The van der Waals surface area contributed by atoms with Gasteiger partial charge in [-0.2, -0.15) is 0 Å². The summed E-state index contributed by atoms with van der Waals surface area (Å²) in [7, 11) is 0. The number of carbonyl (C=O) groups excluding carboxylic acids is 2. The summed E-state index contributed by atoms with van der Waals surface area (Å²) >= 11 is 0. The molecule has 1 N–H and O–H groups in total. The van der Waals surface area contributed by atoms with E-state index in [1.165, 1.54) is 12.3 Å². The maximum Gasteiger partial charge on any atom is 0.305 e. The average molecular weight is 396 g/mol. The lowest BCUT2D eigenvalue weighted by Crippen LogP contribution is -2.25. The number of nitrogens with zero attached hydrogens (tertiary/aromatic N) is 1. The molecule has 0 fully saturated rings. The first kappa shape index (κ1) is 20.3. The molecule has 7 heteroatoms. The molecule has 0 atom stereocenters. The molecule has 0 aliphatic carbocycles. The molecule has 0 unspecified atom stereocenters. The number of esters is 1. The molecule has 1 heterocycles. The second-order valence-electron chi connectivity index (χ2n) is 6.22. The van der Waals surface area contributed by atoms with Gasteiger partial charge in [-0.3, -0.25) is 9.59 Å². The zero-order valence-corrected chi connectivity index (χ0v) is 16.0. The average Bonchev–Trinajstić information content (AvgIpc) is 3.21. The van der Waals surface area contributed by atoms with Crippen LogP contribution in [0.5, 0.6) is 0 Å². The van der Waals surface area contributed by atoms with Gasteiger partial charge in [-0.15, -0.1) is 0 Å². The van der Waals surface area contributed by atoms with Crippen LogP contribution in [0.15, 0.2) is 59.1 Å². The van der Waals surface area contributed by atoms with E-state index < -0.39 is 5.82 Å². The van der Waals surface area contributed by atoms with Crippen LogP contribution in [0.25, 0.3) is 22.8 Å². The van der Waals surface area contributed by atoms with Crippen LogP contribution in [0.1, 0.15) is 30.1 Å². The number of carbonyl (C=O) groups is 2. The first-order chi connectivity index (χ1) is 14.1. The Morgan fingerprint density at radius 1 is 1.10 bits per heavy atom. The molecule has 0 aliphatic heterocycles. The van der Waals surface area contributed by atoms with Crippen LogP contribution >= 0.6 is 0 Å². The van der Waals surface area contributed by atoms with E-state index in [1.54, 1.807) is 49.4 Å². The highest BCUT2D eigenvalue weighted by atomic mass is 19.1. The van der Waals surface area contributed by atoms with Crippen molar-refractivity contribution in [3.63, 3.8) is 0 Å². The lowest BCUT2D eigenvalue weighted by molar-refractivity contribution is -0.143. The third-order valence-electron chi connectivity index (χ3n) is 4.20. The quantitative estimate of drug-likeness (QED) is 0.455. The van der Waals surface area contributed by atoms with Gasteiger partial charge in [0.05, 0.1) is 23.9 Å². The topological polar surface area (TPSA) is 81.4 Å². The molecule has 150 valence electrons. The van der Waals surface area contributed by atoms with E-state index in [-0.39, 0.29) is 29.9 Å². The Bertz CT molecular complexity index is 1000. The van der Waals surface area contributed by atoms with Gasteiger partial charge >= 0.3 is 5.97 Å². The van der Waals surface area contributed by atoms with Gasteiger partial charge in [0.15, 0.2) is 5.76 Å². The number of ether oxygens (including phenoxy) is 1. The summed E-state index contributed by atoms with van der Waals surface area (Å²) in [6, 6.07) is 13.1. The van der Waals surface area contributed by atoms with Gasteiger partial charge in [0.1, 0.15) is 5.82 Å². The van der Waals surface area contributed by atoms with Crippen molar-refractivity contribution in [2.75, 3.05) is 13.2 Å². The van der Waals surface area contributed by atoms with Crippen molar-refractivity contribution in [3.8, 4) is 22.8 Å². The molecule has 3 rings (SSSR count). The predicted molar refractivity (Wildman–Crippen MR) is 106 cm³/mol. The van der Waals surface area contributed by atoms with E-state index in [0.717, 1.165) is 0 Å². The number of hydrogen-bond donors (Lipinski definition) is 1. The molecule has 3 aromatic rings. The van der Waals surface area contributed by atoms with Crippen LogP contribution in [0.3, 0.4) is 0 Å². The van der Waals surface area contributed by atoms with Crippen LogP contribution < -0.4 is 5.32 Å². The fourth-order valence-corrected chi connectivity index (χ4v) is 2.81. The smallest absolute Gasteiger partial charge is 0.305 e. The van der Waals surface area contributed by atoms with Crippen LogP contribution in [-0.4, -0.2) is 30.0 Å². The Kier molecular flexibility index (Phi) is 6.73. The maximum atomic E-state index is 14.0. The number of benzene rings is 2. The third kappa shape index (κ3) is 5.07. The number of oxazole rings is 1. The first-order valence-electron chi connectivity index (χ1n) is 9.34. The standard InChI is InChI=1S/C22H21FN2O4/c1-2-28-20(26)12-7-13-24-21(27)15-8-3-4-9-16(15)22-25-14-19(29-22)17-10-5-6-11-18(17)23/h3-6,8-11,14H,2,7,12-13H2,1H3,(H,24,27). The Labute approximate surface area is 167 Å². The summed E-state index contributed by atoms with van der Waals surface area (Å²) in [6.07, 6.45) is 2.15. The van der Waals surface area contributed by atoms with Crippen molar-refractivity contribution in [1.82, 2.24) is 10.3 Å². The van der Waals surface area contributed by atoms with Crippen molar-refractivity contribution in [2.45, 2.75) is 19.8 Å². The third-order valence-corrected chi connectivity index (χ3v) is 4.20. The molecule has 0 saturated carbocycles. The van der Waals surface area contributed by atoms with E-state index in [0.29, 0.717) is 36.3 Å². The molecule has 1 amide bonds. The van der Waals surface area contributed by atoms with Gasteiger partial charge in [0, 0.05) is 18.5 Å². The van der Waals surface area contributed by atoms with E-state index >= 15 is 0 Å². The maximum absolute atomic E-state index is 14.0. The van der Waals surface area contributed by atoms with E-state index in [1.807, 2.05) is 0 Å². The molecule has 0 radical (unpaired) electrons.